The highest BCUT2D eigenvalue weighted by atomic mass is 32.2. The van der Waals surface area contributed by atoms with Crippen LogP contribution in [0.2, 0.25) is 0 Å². The van der Waals surface area contributed by atoms with Gasteiger partial charge in [-0.05, 0) is 60.2 Å². The molecule has 2 aromatic heterocycles. The van der Waals surface area contributed by atoms with Gasteiger partial charge >= 0.3 is 0 Å². The predicted octanol–water partition coefficient (Wildman–Crippen LogP) is 4.76. The minimum atomic E-state index is -0.301. The van der Waals surface area contributed by atoms with Gasteiger partial charge in [0.15, 0.2) is 11.0 Å². The van der Waals surface area contributed by atoms with E-state index in [2.05, 4.69) is 21.6 Å². The highest BCUT2D eigenvalue weighted by Gasteiger charge is 2.34. The first-order valence-electron chi connectivity index (χ1n) is 9.84. The van der Waals surface area contributed by atoms with Crippen molar-refractivity contribution in [2.24, 2.45) is 0 Å². The molecule has 1 amide bonds. The molecule has 0 spiro atoms. The van der Waals surface area contributed by atoms with E-state index in [-0.39, 0.29) is 11.7 Å². The van der Waals surface area contributed by atoms with Gasteiger partial charge < -0.3 is 4.90 Å². The van der Waals surface area contributed by atoms with E-state index in [0.29, 0.717) is 40.9 Å². The first-order valence-corrected chi connectivity index (χ1v) is 11.8. The van der Waals surface area contributed by atoms with Crippen LogP contribution in [0.1, 0.15) is 37.3 Å². The molecule has 0 saturated heterocycles. The monoisotopic (exact) mass is 428 g/mol. The summed E-state index contributed by atoms with van der Waals surface area (Å²) in [5.74, 6) is 0.701. The van der Waals surface area contributed by atoms with Crippen LogP contribution in [0.15, 0.2) is 46.2 Å². The van der Waals surface area contributed by atoms with E-state index in [0.717, 1.165) is 25.7 Å². The molecule has 2 aliphatic rings. The van der Waals surface area contributed by atoms with Crippen molar-refractivity contribution in [1.29, 1.82) is 0 Å². The van der Waals surface area contributed by atoms with Gasteiger partial charge in [-0.3, -0.25) is 9.36 Å². The Balaban J connectivity index is 1.33. The third-order valence-corrected chi connectivity index (χ3v) is 6.92. The van der Waals surface area contributed by atoms with Crippen molar-refractivity contribution in [2.45, 2.75) is 49.5 Å². The summed E-state index contributed by atoms with van der Waals surface area (Å²) in [4.78, 5) is 14.9. The fraction of sp³-hybridized carbons (Fsp3) is 0.381. The molecule has 2 fully saturated rings. The SMILES string of the molecule is O=C(CSc1nnc(-c2ccccc2F)n1C1CC1)N(Cc1ccsc1)C1CC1. The third-order valence-electron chi connectivity index (χ3n) is 5.26. The number of nitrogens with zero attached hydrogens (tertiary/aromatic N) is 4. The molecule has 8 heteroatoms. The summed E-state index contributed by atoms with van der Waals surface area (Å²) < 4.78 is 16.3. The van der Waals surface area contributed by atoms with Crippen LogP contribution in [0.25, 0.3) is 11.4 Å². The molecular weight excluding hydrogens is 407 g/mol. The molecule has 0 radical (unpaired) electrons. The molecular formula is C21H21FN4OS2. The van der Waals surface area contributed by atoms with Crippen molar-refractivity contribution in [3.63, 3.8) is 0 Å². The molecule has 0 aliphatic heterocycles. The fourth-order valence-electron chi connectivity index (χ4n) is 3.46. The van der Waals surface area contributed by atoms with Crippen LogP contribution in [-0.2, 0) is 11.3 Å². The summed E-state index contributed by atoms with van der Waals surface area (Å²) in [5, 5.41) is 13.4. The summed E-state index contributed by atoms with van der Waals surface area (Å²) in [6.07, 6.45) is 4.23. The van der Waals surface area contributed by atoms with Crippen LogP contribution >= 0.6 is 23.1 Å². The second kappa shape index (κ2) is 7.91. The molecule has 150 valence electrons. The molecule has 5 nitrogen and oxygen atoms in total. The van der Waals surface area contributed by atoms with Crippen LogP contribution in [0.4, 0.5) is 4.39 Å². The lowest BCUT2D eigenvalue weighted by Gasteiger charge is -2.21. The number of hydrogen-bond acceptors (Lipinski definition) is 5. The van der Waals surface area contributed by atoms with Gasteiger partial charge in [0.2, 0.25) is 5.91 Å². The van der Waals surface area contributed by atoms with Crippen molar-refractivity contribution >= 4 is 29.0 Å². The molecule has 0 N–H and O–H groups in total. The van der Waals surface area contributed by atoms with Crippen LogP contribution in [0.5, 0.6) is 0 Å². The molecule has 29 heavy (non-hydrogen) atoms. The van der Waals surface area contributed by atoms with E-state index in [9.17, 15) is 9.18 Å². The number of thioether (sulfide) groups is 1. The van der Waals surface area contributed by atoms with E-state index in [4.69, 9.17) is 0 Å². The first kappa shape index (κ1) is 18.8. The summed E-state index contributed by atoms with van der Waals surface area (Å²) >= 11 is 3.06. The van der Waals surface area contributed by atoms with Gasteiger partial charge in [0.1, 0.15) is 5.82 Å². The maximum absolute atomic E-state index is 14.3. The zero-order valence-corrected chi connectivity index (χ0v) is 17.5. The molecule has 0 atom stereocenters. The van der Waals surface area contributed by atoms with Crippen molar-refractivity contribution in [3.8, 4) is 11.4 Å². The Morgan fingerprint density at radius 1 is 1.21 bits per heavy atom. The van der Waals surface area contributed by atoms with Crippen molar-refractivity contribution in [1.82, 2.24) is 19.7 Å². The third kappa shape index (κ3) is 4.09. The number of rotatable bonds is 8. The summed E-state index contributed by atoms with van der Waals surface area (Å²) in [6, 6.07) is 9.37. The largest absolute Gasteiger partial charge is 0.335 e. The molecule has 0 bridgehead atoms. The zero-order chi connectivity index (χ0) is 19.8. The van der Waals surface area contributed by atoms with E-state index in [1.807, 2.05) is 14.8 Å². The van der Waals surface area contributed by atoms with E-state index in [1.165, 1.54) is 23.4 Å². The molecule has 2 aliphatic carbocycles. The maximum atomic E-state index is 14.3. The Morgan fingerprint density at radius 3 is 2.72 bits per heavy atom. The standard InChI is InChI=1S/C21H21FN4OS2/c22-18-4-2-1-3-17(18)20-23-24-21(26(20)16-7-8-16)29-13-19(27)25(15-5-6-15)11-14-9-10-28-12-14/h1-4,9-10,12,15-16H,5-8,11,13H2. The Kier molecular flexibility index (Phi) is 5.13. The number of thiophene rings is 1. The lowest BCUT2D eigenvalue weighted by Crippen LogP contribution is -2.33. The van der Waals surface area contributed by atoms with E-state index >= 15 is 0 Å². The Morgan fingerprint density at radius 2 is 2.03 bits per heavy atom. The Labute approximate surface area is 176 Å². The number of aromatic nitrogens is 3. The van der Waals surface area contributed by atoms with Gasteiger partial charge in [-0.25, -0.2) is 4.39 Å². The van der Waals surface area contributed by atoms with Gasteiger partial charge in [-0.1, -0.05) is 23.9 Å². The van der Waals surface area contributed by atoms with Crippen LogP contribution in [0, 0.1) is 5.82 Å². The fourth-order valence-corrected chi connectivity index (χ4v) is 5.01. The van der Waals surface area contributed by atoms with Gasteiger partial charge in [0.25, 0.3) is 0 Å². The lowest BCUT2D eigenvalue weighted by molar-refractivity contribution is -0.129. The second-order valence-electron chi connectivity index (χ2n) is 7.56. The normalized spacial score (nSPS) is 16.2. The Bertz CT molecular complexity index is 1010. The number of hydrogen-bond donors (Lipinski definition) is 0. The van der Waals surface area contributed by atoms with Gasteiger partial charge in [0, 0.05) is 18.6 Å². The minimum Gasteiger partial charge on any atom is -0.335 e. The predicted molar refractivity (Wildman–Crippen MR) is 112 cm³/mol. The van der Waals surface area contributed by atoms with Crippen molar-refractivity contribution in [3.05, 3.63) is 52.5 Å². The second-order valence-corrected chi connectivity index (χ2v) is 9.28. The summed E-state index contributed by atoms with van der Waals surface area (Å²) in [5.41, 5.74) is 1.64. The summed E-state index contributed by atoms with van der Waals surface area (Å²) in [6.45, 7) is 0.670. The average molecular weight is 429 g/mol. The van der Waals surface area contributed by atoms with Crippen LogP contribution in [0.3, 0.4) is 0 Å². The molecule has 2 heterocycles. The lowest BCUT2D eigenvalue weighted by atomic mass is 10.2. The molecule has 3 aromatic rings. The smallest absolute Gasteiger partial charge is 0.233 e. The highest BCUT2D eigenvalue weighted by Crippen LogP contribution is 2.41. The Hall–Kier alpha value is -2.19. The average Bonchev–Trinajstić information content (AvgIpc) is 3.66. The highest BCUT2D eigenvalue weighted by molar-refractivity contribution is 7.99. The number of benzene rings is 1. The zero-order valence-electron chi connectivity index (χ0n) is 15.8. The van der Waals surface area contributed by atoms with E-state index < -0.39 is 0 Å². The maximum Gasteiger partial charge on any atom is 0.233 e. The number of amides is 1. The molecule has 5 rings (SSSR count). The number of halogens is 1. The van der Waals surface area contributed by atoms with Crippen LogP contribution < -0.4 is 0 Å². The first-order chi connectivity index (χ1) is 14.2. The minimum absolute atomic E-state index is 0.126. The molecule has 0 unspecified atom stereocenters. The summed E-state index contributed by atoms with van der Waals surface area (Å²) in [7, 11) is 0. The van der Waals surface area contributed by atoms with Crippen LogP contribution in [-0.4, -0.2) is 37.4 Å². The van der Waals surface area contributed by atoms with Gasteiger partial charge in [-0.15, -0.1) is 10.2 Å². The van der Waals surface area contributed by atoms with Crippen molar-refractivity contribution < 1.29 is 9.18 Å². The van der Waals surface area contributed by atoms with Gasteiger partial charge in [-0.2, -0.15) is 11.3 Å². The van der Waals surface area contributed by atoms with E-state index in [1.54, 1.807) is 29.5 Å². The molecule has 1 aromatic carbocycles. The molecule has 2 saturated carbocycles. The topological polar surface area (TPSA) is 51.0 Å². The number of carbonyl (C=O) groups is 1. The number of carbonyl (C=O) groups excluding carboxylic acids is 1. The van der Waals surface area contributed by atoms with Crippen molar-refractivity contribution in [2.75, 3.05) is 5.75 Å². The van der Waals surface area contributed by atoms with Gasteiger partial charge in [0.05, 0.1) is 11.3 Å². The quantitative estimate of drug-likeness (QED) is 0.485.